The van der Waals surface area contributed by atoms with Gasteiger partial charge in [0.15, 0.2) is 0 Å². The molecule has 0 aliphatic rings. The van der Waals surface area contributed by atoms with Gasteiger partial charge in [0.1, 0.15) is 0 Å². The molecule has 85 valence electrons. The Morgan fingerprint density at radius 2 is 1.44 bits per heavy atom. The number of hydrogen-bond acceptors (Lipinski definition) is 1. The molecule has 0 saturated carbocycles. The predicted octanol–water partition coefficient (Wildman–Crippen LogP) is 4.22. The first-order valence-electron chi connectivity index (χ1n) is 5.91. The van der Waals surface area contributed by atoms with Crippen molar-refractivity contribution in [3.8, 4) is 22.3 Å². The Labute approximate surface area is 107 Å². The van der Waals surface area contributed by atoms with Crippen LogP contribution in [0.2, 0.25) is 0 Å². The van der Waals surface area contributed by atoms with E-state index >= 15 is 0 Å². The number of rotatable bonds is 2. The largest absolute Gasteiger partial charge is 0.265 e. The first-order chi connectivity index (χ1) is 8.93. The molecule has 3 aromatic rings. The first kappa shape index (κ1) is 10.7. The Balaban J connectivity index is 1.95. The Bertz CT molecular complexity index is 554. The minimum Gasteiger partial charge on any atom is -0.265 e. The van der Waals surface area contributed by atoms with Gasteiger partial charge in [-0.2, -0.15) is 0 Å². The van der Waals surface area contributed by atoms with Crippen molar-refractivity contribution < 1.29 is 0 Å². The second-order valence-corrected chi connectivity index (χ2v) is 4.09. The normalized spacial score (nSPS) is 10.2. The lowest BCUT2D eigenvalue weighted by Crippen LogP contribution is -1.80. The molecule has 0 bridgehead atoms. The van der Waals surface area contributed by atoms with Crippen LogP contribution in [-0.4, -0.2) is 4.98 Å². The lowest BCUT2D eigenvalue weighted by atomic mass is 10.0. The van der Waals surface area contributed by atoms with Crippen molar-refractivity contribution in [2.24, 2.45) is 0 Å². The Hall–Kier alpha value is -2.41. The average Bonchev–Trinajstić information content (AvgIpc) is 2.49. The van der Waals surface area contributed by atoms with Gasteiger partial charge >= 0.3 is 0 Å². The van der Waals surface area contributed by atoms with Crippen molar-refractivity contribution in [2.75, 3.05) is 0 Å². The Kier molecular flexibility index (Phi) is 2.89. The topological polar surface area (TPSA) is 12.9 Å². The molecule has 1 nitrogen and oxygen atoms in total. The van der Waals surface area contributed by atoms with E-state index in [4.69, 9.17) is 0 Å². The molecule has 0 aliphatic heterocycles. The zero-order chi connectivity index (χ0) is 12.2. The minimum atomic E-state index is 1.12. The molecule has 0 spiro atoms. The fourth-order valence-corrected chi connectivity index (χ4v) is 1.95. The maximum absolute atomic E-state index is 4.03. The molecule has 0 saturated heterocycles. The molecule has 1 radical (unpaired) electrons. The van der Waals surface area contributed by atoms with Crippen LogP contribution in [0.15, 0.2) is 73.1 Å². The number of hydrogen-bond donors (Lipinski definition) is 0. The Morgan fingerprint density at radius 1 is 0.667 bits per heavy atom. The van der Waals surface area contributed by atoms with Crippen LogP contribution in [0.4, 0.5) is 0 Å². The second kappa shape index (κ2) is 4.84. The smallest absolute Gasteiger partial charge is 0.0273 e. The number of benzene rings is 2. The van der Waals surface area contributed by atoms with Gasteiger partial charge in [0.2, 0.25) is 0 Å². The zero-order valence-electron chi connectivity index (χ0n) is 9.88. The highest BCUT2D eigenvalue weighted by Gasteiger charge is 1.99. The van der Waals surface area contributed by atoms with Crippen LogP contribution in [0.5, 0.6) is 0 Å². The molecular formula is C17H12N. The SMILES string of the molecule is [c]1cc(-c2ccncc2)ccc1-c1ccccc1. The van der Waals surface area contributed by atoms with Crippen molar-refractivity contribution in [2.45, 2.75) is 0 Å². The van der Waals surface area contributed by atoms with Crippen molar-refractivity contribution in [1.29, 1.82) is 0 Å². The monoisotopic (exact) mass is 230 g/mol. The molecule has 1 aromatic heterocycles. The first-order valence-corrected chi connectivity index (χ1v) is 5.91. The molecule has 0 unspecified atom stereocenters. The van der Waals surface area contributed by atoms with Gasteiger partial charge in [-0.15, -0.1) is 0 Å². The van der Waals surface area contributed by atoms with Crippen LogP contribution >= 0.6 is 0 Å². The van der Waals surface area contributed by atoms with E-state index in [0.717, 1.165) is 11.1 Å². The van der Waals surface area contributed by atoms with Crippen LogP contribution in [0.3, 0.4) is 0 Å². The van der Waals surface area contributed by atoms with Gasteiger partial charge in [-0.3, -0.25) is 4.98 Å². The van der Waals surface area contributed by atoms with Gasteiger partial charge in [-0.1, -0.05) is 42.5 Å². The maximum atomic E-state index is 4.03. The van der Waals surface area contributed by atoms with Crippen LogP contribution in [-0.2, 0) is 0 Å². The van der Waals surface area contributed by atoms with E-state index < -0.39 is 0 Å². The fourth-order valence-electron chi connectivity index (χ4n) is 1.95. The summed E-state index contributed by atoms with van der Waals surface area (Å²) in [6.45, 7) is 0. The molecular weight excluding hydrogens is 218 g/mol. The summed E-state index contributed by atoms with van der Waals surface area (Å²) in [7, 11) is 0. The van der Waals surface area contributed by atoms with Gasteiger partial charge < -0.3 is 0 Å². The average molecular weight is 230 g/mol. The van der Waals surface area contributed by atoms with Crippen LogP contribution < -0.4 is 0 Å². The molecule has 0 N–H and O–H groups in total. The summed E-state index contributed by atoms with van der Waals surface area (Å²) < 4.78 is 0. The van der Waals surface area contributed by atoms with E-state index in [2.05, 4.69) is 35.3 Å². The number of pyridine rings is 1. The third-order valence-corrected chi connectivity index (χ3v) is 2.91. The van der Waals surface area contributed by atoms with E-state index in [1.807, 2.05) is 36.4 Å². The zero-order valence-corrected chi connectivity index (χ0v) is 9.88. The van der Waals surface area contributed by atoms with Gasteiger partial charge in [0.05, 0.1) is 0 Å². The standard InChI is InChI=1S/C17H12N/c1-2-4-14(5-3-1)15-6-8-16(9-7-15)17-10-12-18-13-11-17/h1-6,8-13H. The number of aromatic nitrogens is 1. The van der Waals surface area contributed by atoms with Gasteiger partial charge in [0.25, 0.3) is 0 Å². The summed E-state index contributed by atoms with van der Waals surface area (Å²) >= 11 is 0. The molecule has 1 heterocycles. The lowest BCUT2D eigenvalue weighted by molar-refractivity contribution is 1.33. The van der Waals surface area contributed by atoms with Gasteiger partial charge in [-0.25, -0.2) is 0 Å². The van der Waals surface area contributed by atoms with E-state index in [1.165, 1.54) is 11.1 Å². The molecule has 0 atom stereocenters. The van der Waals surface area contributed by atoms with Crippen LogP contribution in [0.25, 0.3) is 22.3 Å². The summed E-state index contributed by atoms with van der Waals surface area (Å²) in [6.07, 6.45) is 3.61. The number of nitrogens with zero attached hydrogens (tertiary/aromatic N) is 1. The summed E-state index contributed by atoms with van der Waals surface area (Å²) in [5.41, 5.74) is 4.64. The molecule has 2 aromatic carbocycles. The van der Waals surface area contributed by atoms with Crippen molar-refractivity contribution in [1.82, 2.24) is 4.98 Å². The van der Waals surface area contributed by atoms with E-state index in [9.17, 15) is 0 Å². The van der Waals surface area contributed by atoms with E-state index in [0.29, 0.717) is 0 Å². The highest BCUT2D eigenvalue weighted by Crippen LogP contribution is 2.23. The molecule has 1 heteroatoms. The van der Waals surface area contributed by atoms with Crippen molar-refractivity contribution in [3.05, 3.63) is 79.1 Å². The van der Waals surface area contributed by atoms with Gasteiger partial charge in [0, 0.05) is 12.4 Å². The third-order valence-electron chi connectivity index (χ3n) is 2.91. The molecule has 18 heavy (non-hydrogen) atoms. The Morgan fingerprint density at radius 3 is 2.11 bits per heavy atom. The summed E-state index contributed by atoms with van der Waals surface area (Å²) in [6, 6.07) is 23.9. The van der Waals surface area contributed by atoms with Crippen molar-refractivity contribution in [3.63, 3.8) is 0 Å². The maximum Gasteiger partial charge on any atom is 0.0273 e. The third kappa shape index (κ3) is 2.16. The van der Waals surface area contributed by atoms with E-state index in [-0.39, 0.29) is 0 Å². The van der Waals surface area contributed by atoms with Gasteiger partial charge in [-0.05, 0) is 46.5 Å². The highest BCUT2D eigenvalue weighted by atomic mass is 14.6. The summed E-state index contributed by atoms with van der Waals surface area (Å²) in [4.78, 5) is 4.03. The van der Waals surface area contributed by atoms with Crippen molar-refractivity contribution >= 4 is 0 Å². The quantitative estimate of drug-likeness (QED) is 0.642. The minimum absolute atomic E-state index is 1.12. The van der Waals surface area contributed by atoms with Crippen LogP contribution in [0, 0.1) is 6.07 Å². The molecule has 0 aliphatic carbocycles. The second-order valence-electron chi connectivity index (χ2n) is 4.09. The summed E-state index contributed by atoms with van der Waals surface area (Å²) in [5.74, 6) is 0. The fraction of sp³-hybridized carbons (Fsp3) is 0. The molecule has 0 fully saturated rings. The van der Waals surface area contributed by atoms with Crippen LogP contribution in [0.1, 0.15) is 0 Å². The molecule has 0 amide bonds. The molecule has 3 rings (SSSR count). The predicted molar refractivity (Wildman–Crippen MR) is 73.9 cm³/mol. The summed E-state index contributed by atoms with van der Waals surface area (Å²) in [5, 5.41) is 0. The lowest BCUT2D eigenvalue weighted by Gasteiger charge is -2.04. The van der Waals surface area contributed by atoms with E-state index in [1.54, 1.807) is 12.4 Å². The highest BCUT2D eigenvalue weighted by molar-refractivity contribution is 5.69.